The first-order valence-electron chi connectivity index (χ1n) is 5.11. The summed E-state index contributed by atoms with van der Waals surface area (Å²) in [5.41, 5.74) is 0.337. The van der Waals surface area contributed by atoms with E-state index in [0.29, 0.717) is 10.0 Å². The molecule has 1 amide bonds. The molecular weight excluding hydrogens is 320 g/mol. The predicted octanol–water partition coefficient (Wildman–Crippen LogP) is 1.40. The largest absolute Gasteiger partial charge is 0.345 e. The summed E-state index contributed by atoms with van der Waals surface area (Å²) in [4.78, 5) is 13.3. The lowest BCUT2D eigenvalue weighted by Gasteiger charge is -2.15. The van der Waals surface area contributed by atoms with E-state index < -0.39 is 10.0 Å². The van der Waals surface area contributed by atoms with E-state index in [1.807, 2.05) is 0 Å². The summed E-state index contributed by atoms with van der Waals surface area (Å²) in [6.07, 6.45) is 0. The molecule has 0 aliphatic rings. The van der Waals surface area contributed by atoms with Crippen LogP contribution in [0.1, 0.15) is 10.4 Å². The van der Waals surface area contributed by atoms with Crippen molar-refractivity contribution >= 4 is 31.9 Å². The second-order valence-corrected chi connectivity index (χ2v) is 7.11. The Balaban J connectivity index is 3.39. The zero-order valence-electron chi connectivity index (χ0n) is 10.6. The van der Waals surface area contributed by atoms with E-state index in [9.17, 15) is 13.2 Å². The van der Waals surface area contributed by atoms with Crippen molar-refractivity contribution < 1.29 is 13.2 Å². The maximum Gasteiger partial charge on any atom is 0.253 e. The predicted molar refractivity (Wildman–Crippen MR) is 73.0 cm³/mol. The molecule has 0 saturated heterocycles. The maximum atomic E-state index is 12.1. The number of rotatable bonds is 3. The summed E-state index contributed by atoms with van der Waals surface area (Å²) in [5, 5.41) is 0. The molecule has 1 rings (SSSR count). The number of nitrogens with zero attached hydrogens (tertiary/aromatic N) is 2. The van der Waals surface area contributed by atoms with Gasteiger partial charge in [-0.3, -0.25) is 4.79 Å². The molecule has 1 aromatic carbocycles. The number of carbonyl (C=O) groups excluding carboxylic acids is 1. The first-order valence-corrected chi connectivity index (χ1v) is 7.35. The van der Waals surface area contributed by atoms with Gasteiger partial charge in [-0.05, 0) is 34.1 Å². The molecule has 7 heteroatoms. The summed E-state index contributed by atoms with van der Waals surface area (Å²) in [5.74, 6) is -0.238. The summed E-state index contributed by atoms with van der Waals surface area (Å²) in [7, 11) is 2.55. The van der Waals surface area contributed by atoms with Gasteiger partial charge in [-0.2, -0.15) is 0 Å². The fourth-order valence-electron chi connectivity index (χ4n) is 1.29. The minimum Gasteiger partial charge on any atom is -0.345 e. The summed E-state index contributed by atoms with van der Waals surface area (Å²) >= 11 is 3.19. The quantitative estimate of drug-likeness (QED) is 0.839. The van der Waals surface area contributed by atoms with Crippen LogP contribution in [0.5, 0.6) is 0 Å². The van der Waals surface area contributed by atoms with Gasteiger partial charge in [-0.1, -0.05) is 0 Å². The van der Waals surface area contributed by atoms with E-state index in [-0.39, 0.29) is 10.8 Å². The molecule has 100 valence electrons. The Morgan fingerprint density at radius 3 is 2.17 bits per heavy atom. The van der Waals surface area contributed by atoms with Gasteiger partial charge < -0.3 is 4.90 Å². The van der Waals surface area contributed by atoms with Crippen molar-refractivity contribution in [2.24, 2.45) is 0 Å². The third-order valence-electron chi connectivity index (χ3n) is 2.34. The normalized spacial score (nSPS) is 11.7. The number of hydrogen-bond donors (Lipinski definition) is 0. The molecule has 0 saturated carbocycles. The van der Waals surface area contributed by atoms with E-state index in [0.717, 1.165) is 4.31 Å². The number of hydrogen-bond acceptors (Lipinski definition) is 3. The number of amides is 1. The molecule has 0 atom stereocenters. The average molecular weight is 335 g/mol. The van der Waals surface area contributed by atoms with E-state index in [4.69, 9.17) is 0 Å². The molecule has 0 spiro atoms. The van der Waals surface area contributed by atoms with E-state index in [1.165, 1.54) is 25.1 Å². The van der Waals surface area contributed by atoms with Gasteiger partial charge in [-0.15, -0.1) is 0 Å². The standard InChI is InChI=1S/C11H15BrN2O3S/c1-13(2)11(15)8-5-6-9(12)10(7-8)18(16,17)14(3)4/h5-7H,1-4H3. The van der Waals surface area contributed by atoms with Gasteiger partial charge in [0, 0.05) is 38.2 Å². The Bertz CT molecular complexity index is 568. The zero-order chi connectivity index (χ0) is 14.1. The fourth-order valence-corrected chi connectivity index (χ4v) is 3.13. The maximum absolute atomic E-state index is 12.1. The van der Waals surface area contributed by atoms with Gasteiger partial charge >= 0.3 is 0 Å². The topological polar surface area (TPSA) is 57.7 Å². The van der Waals surface area contributed by atoms with Crippen LogP contribution in [0, 0.1) is 0 Å². The van der Waals surface area contributed by atoms with Crippen LogP contribution in [0.4, 0.5) is 0 Å². The number of carbonyl (C=O) groups is 1. The number of benzene rings is 1. The Kier molecular flexibility index (Phi) is 4.52. The van der Waals surface area contributed by atoms with E-state index in [1.54, 1.807) is 26.2 Å². The van der Waals surface area contributed by atoms with Crippen molar-refractivity contribution in [1.82, 2.24) is 9.21 Å². The molecule has 0 bridgehead atoms. The highest BCUT2D eigenvalue weighted by atomic mass is 79.9. The lowest BCUT2D eigenvalue weighted by atomic mass is 10.2. The monoisotopic (exact) mass is 334 g/mol. The van der Waals surface area contributed by atoms with Crippen molar-refractivity contribution in [2.75, 3.05) is 28.2 Å². The lowest BCUT2D eigenvalue weighted by molar-refractivity contribution is 0.0827. The van der Waals surface area contributed by atoms with Gasteiger partial charge in [0.15, 0.2) is 0 Å². The molecule has 5 nitrogen and oxygen atoms in total. The Labute approximate surface area is 116 Å². The molecule has 0 heterocycles. The van der Waals surface area contributed by atoms with Gasteiger partial charge in [-0.25, -0.2) is 12.7 Å². The smallest absolute Gasteiger partial charge is 0.253 e. The van der Waals surface area contributed by atoms with E-state index in [2.05, 4.69) is 15.9 Å². The second-order valence-electron chi connectivity index (χ2n) is 4.13. The average Bonchev–Trinajstić information content (AvgIpc) is 2.28. The van der Waals surface area contributed by atoms with Crippen LogP contribution in [0.15, 0.2) is 27.6 Å². The van der Waals surface area contributed by atoms with Crippen molar-refractivity contribution in [3.63, 3.8) is 0 Å². The SMILES string of the molecule is CN(C)C(=O)c1ccc(Br)c(S(=O)(=O)N(C)C)c1. The molecule has 0 aliphatic heterocycles. The Morgan fingerprint density at radius 1 is 1.17 bits per heavy atom. The molecule has 0 fully saturated rings. The van der Waals surface area contributed by atoms with Gasteiger partial charge in [0.1, 0.15) is 0 Å². The third kappa shape index (κ3) is 2.90. The van der Waals surface area contributed by atoms with E-state index >= 15 is 0 Å². The Morgan fingerprint density at radius 2 is 1.72 bits per heavy atom. The number of halogens is 1. The van der Waals surface area contributed by atoms with Crippen LogP contribution in [0.25, 0.3) is 0 Å². The number of sulfonamides is 1. The molecule has 0 N–H and O–H groups in total. The molecule has 0 radical (unpaired) electrons. The molecule has 1 aromatic rings. The van der Waals surface area contributed by atoms with Crippen LogP contribution in [-0.2, 0) is 10.0 Å². The molecule has 0 aromatic heterocycles. The highest BCUT2D eigenvalue weighted by Gasteiger charge is 2.22. The first-order chi connectivity index (χ1) is 8.17. The fraction of sp³-hybridized carbons (Fsp3) is 0.364. The van der Waals surface area contributed by atoms with Crippen molar-refractivity contribution in [3.05, 3.63) is 28.2 Å². The zero-order valence-corrected chi connectivity index (χ0v) is 13.0. The molecular formula is C11H15BrN2O3S. The highest BCUT2D eigenvalue weighted by Crippen LogP contribution is 2.25. The highest BCUT2D eigenvalue weighted by molar-refractivity contribution is 9.10. The third-order valence-corrected chi connectivity index (χ3v) is 5.15. The Hall–Kier alpha value is -0.920. The van der Waals surface area contributed by atoms with Crippen LogP contribution in [-0.4, -0.2) is 51.7 Å². The van der Waals surface area contributed by atoms with Crippen LogP contribution < -0.4 is 0 Å². The van der Waals surface area contributed by atoms with Gasteiger partial charge in [0.2, 0.25) is 10.0 Å². The van der Waals surface area contributed by atoms with Crippen molar-refractivity contribution in [3.8, 4) is 0 Å². The van der Waals surface area contributed by atoms with Crippen LogP contribution in [0.3, 0.4) is 0 Å². The first kappa shape index (κ1) is 15.1. The van der Waals surface area contributed by atoms with Gasteiger partial charge in [0.25, 0.3) is 5.91 Å². The van der Waals surface area contributed by atoms with Crippen molar-refractivity contribution in [1.29, 1.82) is 0 Å². The lowest BCUT2D eigenvalue weighted by Crippen LogP contribution is -2.25. The summed E-state index contributed by atoms with van der Waals surface area (Å²) < 4.78 is 25.7. The molecule has 18 heavy (non-hydrogen) atoms. The minimum atomic E-state index is -3.57. The summed E-state index contributed by atoms with van der Waals surface area (Å²) in [6.45, 7) is 0. The molecule has 0 unspecified atom stereocenters. The van der Waals surface area contributed by atoms with Crippen molar-refractivity contribution in [2.45, 2.75) is 4.90 Å². The van der Waals surface area contributed by atoms with Crippen LogP contribution in [0.2, 0.25) is 0 Å². The minimum absolute atomic E-state index is 0.0835. The second kappa shape index (κ2) is 5.38. The molecule has 0 aliphatic carbocycles. The van der Waals surface area contributed by atoms with Crippen LogP contribution >= 0.6 is 15.9 Å². The van der Waals surface area contributed by atoms with Gasteiger partial charge in [0.05, 0.1) is 4.90 Å². The summed E-state index contributed by atoms with van der Waals surface area (Å²) in [6, 6.07) is 4.52.